The molecule has 0 aliphatic carbocycles. The molecule has 2 heterocycles. The van der Waals surface area contributed by atoms with E-state index in [1.165, 1.54) is 11.3 Å². The Kier molecular flexibility index (Phi) is 4.80. The number of hydrogen-bond donors (Lipinski definition) is 1. The number of amides is 1. The number of thiazole rings is 1. The second-order valence-electron chi connectivity index (χ2n) is 5.56. The number of carbonyl (C=O) groups excluding carboxylic acids is 1. The van der Waals surface area contributed by atoms with Crippen molar-refractivity contribution in [1.29, 1.82) is 0 Å². The molecule has 0 spiro atoms. The number of methoxy groups -OCH3 is 1. The molecule has 3 rings (SSSR count). The van der Waals surface area contributed by atoms with Crippen LogP contribution in [-0.4, -0.2) is 27.8 Å². The fraction of sp³-hybridized carbons (Fsp3) is 0.353. The molecule has 3 aromatic rings. The maximum absolute atomic E-state index is 12.0. The van der Waals surface area contributed by atoms with Gasteiger partial charge in [-0.25, -0.2) is 4.98 Å². The van der Waals surface area contributed by atoms with Crippen LogP contribution in [0.15, 0.2) is 24.3 Å². The molecule has 1 aromatic carbocycles. The summed E-state index contributed by atoms with van der Waals surface area (Å²) in [5.74, 6) is 1.45. The van der Waals surface area contributed by atoms with Crippen molar-refractivity contribution < 1.29 is 9.53 Å². The van der Waals surface area contributed by atoms with Crippen LogP contribution in [0.4, 0.5) is 5.82 Å². The summed E-state index contributed by atoms with van der Waals surface area (Å²) >= 11 is 1.51. The van der Waals surface area contributed by atoms with E-state index in [-0.39, 0.29) is 5.91 Å². The maximum atomic E-state index is 12.0. The minimum Gasteiger partial charge on any atom is -0.497 e. The van der Waals surface area contributed by atoms with Crippen molar-refractivity contribution in [1.82, 2.24) is 14.8 Å². The van der Waals surface area contributed by atoms with Gasteiger partial charge in [0, 0.05) is 12.5 Å². The van der Waals surface area contributed by atoms with Gasteiger partial charge in [-0.3, -0.25) is 4.79 Å². The first kappa shape index (κ1) is 16.4. The van der Waals surface area contributed by atoms with E-state index < -0.39 is 0 Å². The van der Waals surface area contributed by atoms with E-state index in [1.807, 2.05) is 31.2 Å². The number of ether oxygens (including phenoxy) is 1. The van der Waals surface area contributed by atoms with E-state index in [4.69, 9.17) is 4.74 Å². The second kappa shape index (κ2) is 7.00. The summed E-state index contributed by atoms with van der Waals surface area (Å²) in [6.07, 6.45) is 2.38. The van der Waals surface area contributed by atoms with Crippen molar-refractivity contribution in [3.8, 4) is 10.9 Å². The molecule has 126 valence electrons. The SMILES string of the molecule is CCCCC(=O)Nc1cc(C)nn1-c1nc2ccc(OC)cc2s1. The number of carbonyl (C=O) groups is 1. The fourth-order valence-electron chi connectivity index (χ4n) is 2.39. The first-order valence-corrected chi connectivity index (χ1v) is 8.74. The van der Waals surface area contributed by atoms with Crippen LogP contribution in [0.5, 0.6) is 5.75 Å². The molecule has 0 radical (unpaired) electrons. The smallest absolute Gasteiger partial charge is 0.225 e. The van der Waals surface area contributed by atoms with E-state index in [0.717, 1.165) is 39.6 Å². The van der Waals surface area contributed by atoms with Gasteiger partial charge in [0.25, 0.3) is 0 Å². The number of anilines is 1. The Bertz CT molecular complexity index is 869. The van der Waals surface area contributed by atoms with Gasteiger partial charge in [0.15, 0.2) is 0 Å². The second-order valence-corrected chi connectivity index (χ2v) is 6.57. The summed E-state index contributed by atoms with van der Waals surface area (Å²) in [7, 11) is 1.64. The van der Waals surface area contributed by atoms with Crippen molar-refractivity contribution in [2.24, 2.45) is 0 Å². The van der Waals surface area contributed by atoms with Crippen molar-refractivity contribution in [2.75, 3.05) is 12.4 Å². The summed E-state index contributed by atoms with van der Waals surface area (Å²) in [4.78, 5) is 16.6. The van der Waals surface area contributed by atoms with Gasteiger partial charge in [-0.1, -0.05) is 24.7 Å². The molecule has 1 N–H and O–H groups in total. The Balaban J connectivity index is 1.93. The van der Waals surface area contributed by atoms with Crippen molar-refractivity contribution in [2.45, 2.75) is 33.1 Å². The van der Waals surface area contributed by atoms with Gasteiger partial charge in [-0.15, -0.1) is 0 Å². The van der Waals surface area contributed by atoms with Crippen molar-refractivity contribution in [3.63, 3.8) is 0 Å². The number of aryl methyl sites for hydroxylation is 1. The van der Waals surface area contributed by atoms with E-state index in [9.17, 15) is 4.79 Å². The molecular formula is C17H20N4O2S. The summed E-state index contributed by atoms with van der Waals surface area (Å²) in [5.41, 5.74) is 1.71. The van der Waals surface area contributed by atoms with Crippen LogP contribution in [0.3, 0.4) is 0 Å². The zero-order chi connectivity index (χ0) is 17.1. The normalized spacial score (nSPS) is 11.0. The molecule has 0 fully saturated rings. The predicted molar refractivity (Wildman–Crippen MR) is 96.2 cm³/mol. The summed E-state index contributed by atoms with van der Waals surface area (Å²) < 4.78 is 7.96. The molecule has 6 nitrogen and oxygen atoms in total. The largest absolute Gasteiger partial charge is 0.497 e. The number of benzene rings is 1. The summed E-state index contributed by atoms with van der Waals surface area (Å²) in [6, 6.07) is 7.61. The lowest BCUT2D eigenvalue weighted by Gasteiger charge is -2.05. The molecule has 1 amide bonds. The molecule has 0 aliphatic rings. The monoisotopic (exact) mass is 344 g/mol. The van der Waals surface area contributed by atoms with E-state index in [2.05, 4.69) is 22.3 Å². The van der Waals surface area contributed by atoms with E-state index in [1.54, 1.807) is 11.8 Å². The van der Waals surface area contributed by atoms with Gasteiger partial charge < -0.3 is 10.1 Å². The van der Waals surface area contributed by atoms with Gasteiger partial charge in [-0.05, 0) is 31.5 Å². The third kappa shape index (κ3) is 3.41. The molecule has 0 saturated carbocycles. The number of unbranched alkanes of at least 4 members (excludes halogenated alkanes) is 1. The van der Waals surface area contributed by atoms with E-state index >= 15 is 0 Å². The van der Waals surface area contributed by atoms with Crippen LogP contribution >= 0.6 is 11.3 Å². The first-order valence-electron chi connectivity index (χ1n) is 7.92. The zero-order valence-corrected chi connectivity index (χ0v) is 14.8. The number of nitrogens with zero attached hydrogens (tertiary/aromatic N) is 3. The third-order valence-electron chi connectivity index (χ3n) is 3.62. The van der Waals surface area contributed by atoms with Crippen LogP contribution in [0.2, 0.25) is 0 Å². The molecule has 0 unspecified atom stereocenters. The summed E-state index contributed by atoms with van der Waals surface area (Å²) in [6.45, 7) is 3.96. The van der Waals surface area contributed by atoms with Gasteiger partial charge in [0.1, 0.15) is 11.6 Å². The molecular weight excluding hydrogens is 324 g/mol. The van der Waals surface area contributed by atoms with Crippen LogP contribution in [-0.2, 0) is 4.79 Å². The van der Waals surface area contributed by atoms with Crippen LogP contribution in [0, 0.1) is 6.92 Å². The minimum atomic E-state index is 0.000723. The lowest BCUT2D eigenvalue weighted by Crippen LogP contribution is -2.14. The molecule has 0 atom stereocenters. The lowest BCUT2D eigenvalue weighted by molar-refractivity contribution is -0.116. The average molecular weight is 344 g/mol. The minimum absolute atomic E-state index is 0.000723. The summed E-state index contributed by atoms with van der Waals surface area (Å²) in [5, 5.41) is 8.13. The van der Waals surface area contributed by atoms with E-state index in [0.29, 0.717) is 12.2 Å². The molecule has 2 aromatic heterocycles. The predicted octanol–water partition coefficient (Wildman–Crippen LogP) is 3.93. The number of rotatable bonds is 6. The highest BCUT2D eigenvalue weighted by molar-refractivity contribution is 7.20. The molecule has 0 saturated heterocycles. The highest BCUT2D eigenvalue weighted by Gasteiger charge is 2.14. The number of nitrogens with one attached hydrogen (secondary N) is 1. The van der Waals surface area contributed by atoms with Crippen molar-refractivity contribution in [3.05, 3.63) is 30.0 Å². The number of aromatic nitrogens is 3. The molecule has 7 heteroatoms. The molecule has 24 heavy (non-hydrogen) atoms. The average Bonchev–Trinajstić information content (AvgIpc) is 3.14. The molecule has 0 aliphatic heterocycles. The van der Waals surface area contributed by atoms with Crippen LogP contribution < -0.4 is 10.1 Å². The quantitative estimate of drug-likeness (QED) is 0.736. The Morgan fingerprint density at radius 3 is 2.96 bits per heavy atom. The highest BCUT2D eigenvalue weighted by atomic mass is 32.1. The third-order valence-corrected chi connectivity index (χ3v) is 4.62. The highest BCUT2D eigenvalue weighted by Crippen LogP contribution is 2.30. The Morgan fingerprint density at radius 1 is 1.38 bits per heavy atom. The fourth-order valence-corrected chi connectivity index (χ4v) is 3.35. The topological polar surface area (TPSA) is 69.0 Å². The Morgan fingerprint density at radius 2 is 2.21 bits per heavy atom. The maximum Gasteiger partial charge on any atom is 0.225 e. The number of fused-ring (bicyclic) bond motifs is 1. The number of hydrogen-bond acceptors (Lipinski definition) is 5. The first-order chi connectivity index (χ1) is 11.6. The van der Waals surface area contributed by atoms with Crippen molar-refractivity contribution >= 4 is 33.3 Å². The van der Waals surface area contributed by atoms with Gasteiger partial charge in [0.2, 0.25) is 11.0 Å². The Hall–Kier alpha value is -2.41. The van der Waals surface area contributed by atoms with Gasteiger partial charge in [-0.2, -0.15) is 9.78 Å². The van der Waals surface area contributed by atoms with Gasteiger partial charge >= 0.3 is 0 Å². The Labute approximate surface area is 144 Å². The zero-order valence-electron chi connectivity index (χ0n) is 14.0. The van der Waals surface area contributed by atoms with Gasteiger partial charge in [0.05, 0.1) is 23.0 Å². The molecule has 0 bridgehead atoms. The lowest BCUT2D eigenvalue weighted by atomic mass is 10.2. The van der Waals surface area contributed by atoms with Crippen LogP contribution in [0.1, 0.15) is 31.9 Å². The van der Waals surface area contributed by atoms with Crippen LogP contribution in [0.25, 0.3) is 15.3 Å². The standard InChI is InChI=1S/C17H20N4O2S/c1-4-5-6-16(22)19-15-9-11(2)20-21(15)17-18-13-8-7-12(23-3)10-14(13)24-17/h7-10H,4-6H2,1-3H3,(H,19,22).